The van der Waals surface area contributed by atoms with Crippen molar-refractivity contribution in [3.63, 3.8) is 0 Å². The molecule has 3 heterocycles. The lowest BCUT2D eigenvalue weighted by Crippen LogP contribution is -2.30. The van der Waals surface area contributed by atoms with Crippen molar-refractivity contribution in [2.24, 2.45) is 5.92 Å². The topological polar surface area (TPSA) is 66.4 Å². The summed E-state index contributed by atoms with van der Waals surface area (Å²) >= 11 is 0. The second-order valence-corrected chi connectivity index (χ2v) is 9.40. The molecule has 0 unspecified atom stereocenters. The van der Waals surface area contributed by atoms with Gasteiger partial charge in [-0.15, -0.1) is 0 Å². The van der Waals surface area contributed by atoms with E-state index in [1.165, 1.54) is 31.7 Å². The molecule has 2 aromatic rings. The number of aryl methyl sites for hydroxylation is 1. The van der Waals surface area contributed by atoms with Gasteiger partial charge in [0, 0.05) is 42.2 Å². The lowest BCUT2D eigenvalue weighted by molar-refractivity contribution is -0.131. The third-order valence-electron chi connectivity index (χ3n) is 7.22. The monoisotopic (exact) mass is 436 g/mol. The predicted octanol–water partition coefficient (Wildman–Crippen LogP) is 3.91. The first-order valence-corrected chi connectivity index (χ1v) is 11.7. The Kier molecular flexibility index (Phi) is 5.66. The van der Waals surface area contributed by atoms with Gasteiger partial charge in [0.25, 0.3) is 0 Å². The average molecular weight is 437 g/mol. The second kappa shape index (κ2) is 8.60. The summed E-state index contributed by atoms with van der Waals surface area (Å²) in [4.78, 5) is 38.5. The highest BCUT2D eigenvalue weighted by molar-refractivity contribution is 6.00. The molecule has 0 bridgehead atoms. The van der Waals surface area contributed by atoms with Gasteiger partial charge in [0.1, 0.15) is 17.5 Å². The minimum absolute atomic E-state index is 0.0672. The molecule has 2 amide bonds. The molecule has 1 saturated carbocycles. The Morgan fingerprint density at radius 1 is 1.16 bits per heavy atom. The Bertz CT molecular complexity index is 1050. The Morgan fingerprint density at radius 2 is 1.94 bits per heavy atom. The highest BCUT2D eigenvalue weighted by Crippen LogP contribution is 2.35. The van der Waals surface area contributed by atoms with E-state index in [1.54, 1.807) is 23.1 Å². The smallest absolute Gasteiger partial charge is 0.233 e. The number of benzene rings is 1. The predicted molar refractivity (Wildman–Crippen MR) is 119 cm³/mol. The number of carbonyl (C=O) groups is 2. The largest absolute Gasteiger partial charge is 0.342 e. The first kappa shape index (κ1) is 21.0. The minimum Gasteiger partial charge on any atom is -0.342 e. The maximum absolute atomic E-state index is 14.2. The molecule has 2 aliphatic heterocycles. The molecule has 32 heavy (non-hydrogen) atoms. The Balaban J connectivity index is 1.34. The van der Waals surface area contributed by atoms with Gasteiger partial charge in [-0.1, -0.05) is 31.0 Å². The van der Waals surface area contributed by atoms with E-state index in [0.717, 1.165) is 24.2 Å². The molecule has 0 N–H and O–H groups in total. The zero-order valence-corrected chi connectivity index (χ0v) is 18.5. The molecule has 2 fully saturated rings. The number of fused-ring (bicyclic) bond motifs is 1. The van der Waals surface area contributed by atoms with Crippen LogP contribution in [-0.4, -0.2) is 39.8 Å². The van der Waals surface area contributed by atoms with E-state index in [4.69, 9.17) is 9.97 Å². The molecular weight excluding hydrogens is 407 g/mol. The van der Waals surface area contributed by atoms with E-state index < -0.39 is 0 Å². The van der Waals surface area contributed by atoms with Crippen molar-refractivity contribution in [1.29, 1.82) is 0 Å². The molecule has 1 aliphatic carbocycles. The molecular formula is C25H29FN4O2. The van der Waals surface area contributed by atoms with Crippen LogP contribution in [0, 0.1) is 18.7 Å². The number of rotatable bonds is 5. The Labute approximate surface area is 187 Å². The molecule has 3 aliphatic rings. The number of halogens is 1. The number of nitrogens with zero attached hydrogens (tertiary/aromatic N) is 4. The van der Waals surface area contributed by atoms with Gasteiger partial charge in [0.15, 0.2) is 0 Å². The van der Waals surface area contributed by atoms with Gasteiger partial charge in [-0.3, -0.25) is 14.5 Å². The fraction of sp³-hybridized carbons (Fsp3) is 0.520. The number of amides is 2. The zero-order chi connectivity index (χ0) is 22.2. The summed E-state index contributed by atoms with van der Waals surface area (Å²) in [5.41, 5.74) is 2.09. The summed E-state index contributed by atoms with van der Waals surface area (Å²) in [6, 6.07) is 6.51. The van der Waals surface area contributed by atoms with Gasteiger partial charge in [0.05, 0.1) is 13.0 Å². The number of hydrogen-bond donors (Lipinski definition) is 0. The van der Waals surface area contributed by atoms with E-state index in [9.17, 15) is 14.0 Å². The van der Waals surface area contributed by atoms with Crippen LogP contribution in [0.5, 0.6) is 0 Å². The quantitative estimate of drug-likeness (QED) is 0.713. The van der Waals surface area contributed by atoms with E-state index >= 15 is 0 Å². The molecule has 1 aromatic carbocycles. The molecule has 1 aromatic heterocycles. The van der Waals surface area contributed by atoms with Crippen LogP contribution < -0.4 is 4.90 Å². The van der Waals surface area contributed by atoms with Crippen LogP contribution in [0.2, 0.25) is 0 Å². The normalized spacial score (nSPS) is 20.9. The molecule has 168 valence electrons. The summed E-state index contributed by atoms with van der Waals surface area (Å²) in [6.45, 7) is 3.42. The molecule has 0 radical (unpaired) electrons. The van der Waals surface area contributed by atoms with Crippen LogP contribution in [0.3, 0.4) is 0 Å². The summed E-state index contributed by atoms with van der Waals surface area (Å²) < 4.78 is 14.2. The highest BCUT2D eigenvalue weighted by atomic mass is 19.1. The molecule has 5 rings (SSSR count). The SMILES string of the molecule is Cc1nc([C@@H]2CCN(C(=O)CC3CCCC3)C2)nc2c1CC(=O)N2Cc1ccccc1F. The zero-order valence-electron chi connectivity index (χ0n) is 18.5. The van der Waals surface area contributed by atoms with Crippen LogP contribution in [0.4, 0.5) is 10.2 Å². The fourth-order valence-electron chi connectivity index (χ4n) is 5.33. The summed E-state index contributed by atoms with van der Waals surface area (Å²) in [5, 5.41) is 0. The Morgan fingerprint density at radius 3 is 2.72 bits per heavy atom. The average Bonchev–Trinajstić information content (AvgIpc) is 3.51. The van der Waals surface area contributed by atoms with Gasteiger partial charge in [0.2, 0.25) is 11.8 Å². The van der Waals surface area contributed by atoms with Crippen molar-refractivity contribution in [3.05, 3.63) is 52.7 Å². The molecule has 6 nitrogen and oxygen atoms in total. The van der Waals surface area contributed by atoms with Crippen molar-refractivity contribution in [1.82, 2.24) is 14.9 Å². The highest BCUT2D eigenvalue weighted by Gasteiger charge is 2.35. The van der Waals surface area contributed by atoms with E-state index in [-0.39, 0.29) is 36.5 Å². The molecule has 1 saturated heterocycles. The maximum Gasteiger partial charge on any atom is 0.233 e. The Hall–Kier alpha value is -2.83. The number of aromatic nitrogens is 2. The van der Waals surface area contributed by atoms with Crippen LogP contribution in [0.15, 0.2) is 24.3 Å². The number of hydrogen-bond acceptors (Lipinski definition) is 4. The van der Waals surface area contributed by atoms with Crippen molar-refractivity contribution in [3.8, 4) is 0 Å². The first-order chi connectivity index (χ1) is 15.5. The summed E-state index contributed by atoms with van der Waals surface area (Å²) in [5.74, 6) is 1.72. The van der Waals surface area contributed by atoms with Gasteiger partial charge in [-0.2, -0.15) is 0 Å². The number of anilines is 1. The first-order valence-electron chi connectivity index (χ1n) is 11.7. The van der Waals surface area contributed by atoms with Gasteiger partial charge in [-0.05, 0) is 38.2 Å². The van der Waals surface area contributed by atoms with E-state index in [1.807, 2.05) is 11.8 Å². The van der Waals surface area contributed by atoms with Crippen LogP contribution in [-0.2, 0) is 22.6 Å². The maximum atomic E-state index is 14.2. The molecule has 1 atom stereocenters. The van der Waals surface area contributed by atoms with Crippen molar-refractivity contribution in [2.45, 2.75) is 64.3 Å². The molecule has 0 spiro atoms. The standard InChI is InChI=1S/C25H29FN4O2/c1-16-20-13-23(32)30(15-18-8-4-5-9-21(18)26)25(20)28-24(27-16)19-10-11-29(14-19)22(31)12-17-6-2-3-7-17/h4-5,8-9,17,19H,2-3,6-7,10-15H2,1H3/t19-/m1/s1. The second-order valence-electron chi connectivity index (χ2n) is 9.40. The third-order valence-corrected chi connectivity index (χ3v) is 7.22. The number of likely N-dealkylation sites (tertiary alicyclic amines) is 1. The van der Waals surface area contributed by atoms with Gasteiger partial charge < -0.3 is 4.90 Å². The van der Waals surface area contributed by atoms with Crippen molar-refractivity contribution < 1.29 is 14.0 Å². The summed E-state index contributed by atoms with van der Waals surface area (Å²) in [6.07, 6.45) is 6.55. The summed E-state index contributed by atoms with van der Waals surface area (Å²) in [7, 11) is 0. The van der Waals surface area contributed by atoms with Crippen molar-refractivity contribution >= 4 is 17.6 Å². The van der Waals surface area contributed by atoms with Crippen LogP contribution >= 0.6 is 0 Å². The number of carbonyl (C=O) groups excluding carboxylic acids is 2. The van der Waals surface area contributed by atoms with Gasteiger partial charge in [-0.25, -0.2) is 14.4 Å². The molecule has 7 heteroatoms. The van der Waals surface area contributed by atoms with Crippen LogP contribution in [0.25, 0.3) is 0 Å². The lowest BCUT2D eigenvalue weighted by atomic mass is 10.0. The van der Waals surface area contributed by atoms with E-state index in [0.29, 0.717) is 36.1 Å². The van der Waals surface area contributed by atoms with Gasteiger partial charge >= 0.3 is 0 Å². The van der Waals surface area contributed by atoms with Crippen LogP contribution in [0.1, 0.15) is 67.1 Å². The lowest BCUT2D eigenvalue weighted by Gasteiger charge is -2.20. The third kappa shape index (κ3) is 4.00. The minimum atomic E-state index is -0.327. The fourth-order valence-corrected chi connectivity index (χ4v) is 5.33. The van der Waals surface area contributed by atoms with Crippen molar-refractivity contribution in [2.75, 3.05) is 18.0 Å². The van der Waals surface area contributed by atoms with E-state index in [2.05, 4.69) is 0 Å².